The van der Waals surface area contributed by atoms with Crippen LogP contribution in [0.1, 0.15) is 12.7 Å². The normalized spacial score (nSPS) is 11.6. The van der Waals surface area contributed by atoms with E-state index in [2.05, 4.69) is 9.99 Å². The fourth-order valence-corrected chi connectivity index (χ4v) is 0.666. The maximum atomic E-state index is 5.04. The molecule has 0 radical (unpaired) electrons. The zero-order chi connectivity index (χ0) is 7.40. The average molecular weight is 139 g/mol. The molecular formula is C7H9NO2. The Morgan fingerprint density at radius 1 is 1.70 bits per heavy atom. The maximum Gasteiger partial charge on any atom is 0.151 e. The fraction of sp³-hybridized carbons (Fsp3) is 0.286. The van der Waals surface area contributed by atoms with Gasteiger partial charge in [-0.05, 0) is 19.1 Å². The zero-order valence-electron chi connectivity index (χ0n) is 6.00. The number of nitrogens with zero attached hydrogens (tertiary/aromatic N) is 1. The van der Waals surface area contributed by atoms with Gasteiger partial charge in [0.1, 0.15) is 12.8 Å². The molecule has 0 N–H and O–H groups in total. The molecule has 1 aromatic rings. The summed E-state index contributed by atoms with van der Waals surface area (Å²) in [4.78, 5) is 4.56. The van der Waals surface area contributed by atoms with Crippen molar-refractivity contribution in [1.82, 2.24) is 0 Å². The molecule has 0 aliphatic heterocycles. The van der Waals surface area contributed by atoms with Crippen LogP contribution in [-0.4, -0.2) is 12.8 Å². The molecule has 3 heteroatoms. The number of furan rings is 1. The number of hydrogen-bond acceptors (Lipinski definition) is 3. The van der Waals surface area contributed by atoms with Crippen LogP contribution in [-0.2, 0) is 4.84 Å². The van der Waals surface area contributed by atoms with Crippen LogP contribution < -0.4 is 0 Å². The third kappa shape index (κ3) is 1.37. The second-order valence-corrected chi connectivity index (χ2v) is 1.84. The van der Waals surface area contributed by atoms with Crippen molar-refractivity contribution in [1.29, 1.82) is 0 Å². The molecule has 0 aromatic carbocycles. The van der Waals surface area contributed by atoms with E-state index in [0.29, 0.717) is 0 Å². The third-order valence-corrected chi connectivity index (χ3v) is 1.11. The molecule has 0 unspecified atom stereocenters. The molecule has 10 heavy (non-hydrogen) atoms. The maximum absolute atomic E-state index is 5.04. The van der Waals surface area contributed by atoms with Crippen molar-refractivity contribution < 1.29 is 9.25 Å². The summed E-state index contributed by atoms with van der Waals surface area (Å²) in [6.07, 6.45) is 1.60. The summed E-state index contributed by atoms with van der Waals surface area (Å²) in [7, 11) is 1.51. The first-order valence-electron chi connectivity index (χ1n) is 2.96. The van der Waals surface area contributed by atoms with Gasteiger partial charge in [0.05, 0.1) is 6.26 Å². The molecule has 3 nitrogen and oxygen atoms in total. The van der Waals surface area contributed by atoms with Crippen molar-refractivity contribution >= 4 is 5.71 Å². The standard InChI is InChI=1S/C7H9NO2/c1-6(8-9-2)7-4-3-5-10-7/h3-5H,1-2H3/b8-6+. The SMILES string of the molecule is CO/N=C(\C)c1ccco1. The molecular weight excluding hydrogens is 130 g/mol. The largest absolute Gasteiger partial charge is 0.463 e. The van der Waals surface area contributed by atoms with Crippen LogP contribution in [0.5, 0.6) is 0 Å². The Hall–Kier alpha value is -1.25. The molecule has 0 fully saturated rings. The minimum Gasteiger partial charge on any atom is -0.463 e. The van der Waals surface area contributed by atoms with Gasteiger partial charge in [0.15, 0.2) is 5.76 Å². The molecule has 1 aromatic heterocycles. The summed E-state index contributed by atoms with van der Waals surface area (Å²) in [5.41, 5.74) is 0.743. The predicted molar refractivity (Wildman–Crippen MR) is 37.9 cm³/mol. The number of hydrogen-bond donors (Lipinski definition) is 0. The van der Waals surface area contributed by atoms with E-state index in [1.165, 1.54) is 7.11 Å². The highest BCUT2D eigenvalue weighted by molar-refractivity contribution is 5.95. The molecule has 1 heterocycles. The van der Waals surface area contributed by atoms with Gasteiger partial charge in [-0.2, -0.15) is 0 Å². The van der Waals surface area contributed by atoms with Crippen molar-refractivity contribution in [3.63, 3.8) is 0 Å². The van der Waals surface area contributed by atoms with Gasteiger partial charge < -0.3 is 9.25 Å². The first kappa shape index (κ1) is 6.86. The van der Waals surface area contributed by atoms with E-state index in [0.717, 1.165) is 11.5 Å². The minimum absolute atomic E-state index is 0.738. The van der Waals surface area contributed by atoms with Gasteiger partial charge in [-0.3, -0.25) is 0 Å². The van der Waals surface area contributed by atoms with Gasteiger partial charge in [0, 0.05) is 0 Å². The van der Waals surface area contributed by atoms with Crippen LogP contribution in [0.2, 0.25) is 0 Å². The van der Waals surface area contributed by atoms with Crippen molar-refractivity contribution in [2.75, 3.05) is 7.11 Å². The molecule has 0 saturated carbocycles. The molecule has 0 aliphatic rings. The van der Waals surface area contributed by atoms with Gasteiger partial charge >= 0.3 is 0 Å². The lowest BCUT2D eigenvalue weighted by Crippen LogP contribution is -1.91. The Kier molecular flexibility index (Phi) is 2.10. The summed E-state index contributed by atoms with van der Waals surface area (Å²) in [6.45, 7) is 1.82. The van der Waals surface area contributed by atoms with E-state index in [9.17, 15) is 0 Å². The van der Waals surface area contributed by atoms with E-state index < -0.39 is 0 Å². The number of oxime groups is 1. The van der Waals surface area contributed by atoms with Crippen LogP contribution in [0.25, 0.3) is 0 Å². The average Bonchev–Trinajstić information content (AvgIpc) is 2.38. The van der Waals surface area contributed by atoms with Crippen molar-refractivity contribution in [2.24, 2.45) is 5.16 Å². The lowest BCUT2D eigenvalue weighted by Gasteiger charge is -1.91. The monoisotopic (exact) mass is 139 g/mol. The molecule has 0 spiro atoms. The Morgan fingerprint density at radius 3 is 3.00 bits per heavy atom. The van der Waals surface area contributed by atoms with Crippen LogP contribution in [0, 0.1) is 0 Å². The second kappa shape index (κ2) is 3.06. The Labute approximate surface area is 59.3 Å². The molecule has 0 bridgehead atoms. The highest BCUT2D eigenvalue weighted by Gasteiger charge is 1.98. The van der Waals surface area contributed by atoms with Crippen molar-refractivity contribution in [3.8, 4) is 0 Å². The molecule has 0 amide bonds. The summed E-state index contributed by atoms with van der Waals surface area (Å²) in [6, 6.07) is 3.64. The lowest BCUT2D eigenvalue weighted by molar-refractivity contribution is 0.213. The molecule has 0 atom stereocenters. The first-order valence-corrected chi connectivity index (χ1v) is 2.96. The van der Waals surface area contributed by atoms with Crippen molar-refractivity contribution in [2.45, 2.75) is 6.92 Å². The van der Waals surface area contributed by atoms with E-state index >= 15 is 0 Å². The fourth-order valence-electron chi connectivity index (χ4n) is 0.666. The summed E-state index contributed by atoms with van der Waals surface area (Å²) in [5.74, 6) is 0.738. The first-order chi connectivity index (χ1) is 4.84. The van der Waals surface area contributed by atoms with E-state index in [4.69, 9.17) is 4.42 Å². The van der Waals surface area contributed by atoms with E-state index in [1.54, 1.807) is 6.26 Å². The van der Waals surface area contributed by atoms with Gasteiger partial charge in [0.25, 0.3) is 0 Å². The predicted octanol–water partition coefficient (Wildman–Crippen LogP) is 1.65. The molecule has 0 aliphatic carbocycles. The lowest BCUT2D eigenvalue weighted by atomic mass is 10.3. The second-order valence-electron chi connectivity index (χ2n) is 1.84. The van der Waals surface area contributed by atoms with Gasteiger partial charge in [-0.15, -0.1) is 0 Å². The minimum atomic E-state index is 0.738. The van der Waals surface area contributed by atoms with Crippen LogP contribution in [0.15, 0.2) is 28.0 Å². The van der Waals surface area contributed by atoms with Crippen LogP contribution in [0.4, 0.5) is 0 Å². The number of rotatable bonds is 2. The third-order valence-electron chi connectivity index (χ3n) is 1.11. The van der Waals surface area contributed by atoms with Crippen LogP contribution in [0.3, 0.4) is 0 Å². The van der Waals surface area contributed by atoms with E-state index in [1.807, 2.05) is 19.1 Å². The van der Waals surface area contributed by atoms with Gasteiger partial charge in [0.2, 0.25) is 0 Å². The van der Waals surface area contributed by atoms with E-state index in [-0.39, 0.29) is 0 Å². The zero-order valence-corrected chi connectivity index (χ0v) is 6.00. The summed E-state index contributed by atoms with van der Waals surface area (Å²) >= 11 is 0. The topological polar surface area (TPSA) is 34.7 Å². The Bertz CT molecular complexity index is 214. The Balaban J connectivity index is 2.77. The quantitative estimate of drug-likeness (QED) is 0.461. The highest BCUT2D eigenvalue weighted by atomic mass is 16.6. The summed E-state index contributed by atoms with van der Waals surface area (Å²) in [5, 5.41) is 3.69. The van der Waals surface area contributed by atoms with Crippen LogP contribution >= 0.6 is 0 Å². The molecule has 1 rings (SSSR count). The Morgan fingerprint density at radius 2 is 2.50 bits per heavy atom. The highest BCUT2D eigenvalue weighted by Crippen LogP contribution is 2.01. The summed E-state index contributed by atoms with van der Waals surface area (Å²) < 4.78 is 5.04. The molecule has 54 valence electrons. The van der Waals surface area contributed by atoms with Crippen molar-refractivity contribution in [3.05, 3.63) is 24.2 Å². The smallest absolute Gasteiger partial charge is 0.151 e. The van der Waals surface area contributed by atoms with Gasteiger partial charge in [-0.25, -0.2) is 0 Å². The van der Waals surface area contributed by atoms with Gasteiger partial charge in [-0.1, -0.05) is 5.16 Å². The molecule has 0 saturated heterocycles.